The third kappa shape index (κ3) is 2.58. The molecule has 1 aromatic rings. The molecule has 0 aliphatic carbocycles. The maximum Gasteiger partial charge on any atom is 0.134 e. The summed E-state index contributed by atoms with van der Waals surface area (Å²) >= 11 is 3.33. The Labute approximate surface area is 92.1 Å². The van der Waals surface area contributed by atoms with Gasteiger partial charge >= 0.3 is 0 Å². The van der Waals surface area contributed by atoms with Gasteiger partial charge < -0.3 is 4.84 Å². The van der Waals surface area contributed by atoms with Crippen LogP contribution in [0, 0.1) is 0 Å². The first kappa shape index (κ1) is 9.71. The minimum absolute atomic E-state index is 0.254. The Morgan fingerprint density at radius 1 is 1.36 bits per heavy atom. The Kier molecular flexibility index (Phi) is 3.19. The van der Waals surface area contributed by atoms with E-state index in [1.165, 1.54) is 5.56 Å². The average molecular weight is 254 g/mol. The number of rotatable bonds is 3. The molecule has 0 aromatic heterocycles. The summed E-state index contributed by atoms with van der Waals surface area (Å²) in [5, 5.41) is 3.86. The monoisotopic (exact) mass is 253 g/mol. The number of benzene rings is 1. The van der Waals surface area contributed by atoms with Crippen LogP contribution in [0.4, 0.5) is 0 Å². The first-order chi connectivity index (χ1) is 6.84. The van der Waals surface area contributed by atoms with Crippen LogP contribution in [0.15, 0.2) is 35.5 Å². The summed E-state index contributed by atoms with van der Waals surface area (Å²) < 4.78 is 0.926. The van der Waals surface area contributed by atoms with Crippen LogP contribution in [0.5, 0.6) is 0 Å². The maximum absolute atomic E-state index is 5.23. The van der Waals surface area contributed by atoms with E-state index in [1.54, 1.807) is 0 Å². The highest BCUT2D eigenvalue weighted by Crippen LogP contribution is 2.18. The maximum atomic E-state index is 5.23. The van der Waals surface area contributed by atoms with E-state index in [0.29, 0.717) is 0 Å². The molecule has 14 heavy (non-hydrogen) atoms. The molecule has 0 saturated carbocycles. The minimum atomic E-state index is 0.254. The molecule has 0 fully saturated rings. The van der Waals surface area contributed by atoms with Crippen molar-refractivity contribution in [2.45, 2.75) is 25.4 Å². The Hall–Kier alpha value is -0.830. The molecule has 0 bridgehead atoms. The van der Waals surface area contributed by atoms with E-state index in [-0.39, 0.29) is 6.10 Å². The van der Waals surface area contributed by atoms with Gasteiger partial charge in [0.15, 0.2) is 0 Å². The van der Waals surface area contributed by atoms with Gasteiger partial charge in [-0.25, -0.2) is 0 Å². The van der Waals surface area contributed by atoms with Crippen molar-refractivity contribution in [2.75, 3.05) is 0 Å². The molecule has 0 N–H and O–H groups in total. The molecular weight excluding hydrogens is 242 g/mol. The fourth-order valence-electron chi connectivity index (χ4n) is 1.52. The lowest BCUT2D eigenvalue weighted by Crippen LogP contribution is -2.07. The summed E-state index contributed by atoms with van der Waals surface area (Å²) in [6.45, 7) is 0. The van der Waals surface area contributed by atoms with Crippen LogP contribution in [0.25, 0.3) is 0 Å². The Morgan fingerprint density at radius 2 is 2.14 bits per heavy atom. The number of oxime groups is 1. The van der Waals surface area contributed by atoms with Crippen molar-refractivity contribution >= 4 is 20.6 Å². The summed E-state index contributed by atoms with van der Waals surface area (Å²) in [4.78, 5) is 5.23. The SMILES string of the molecule is BrC1=NOC(CCc2ccccc2)C1. The molecule has 2 nitrogen and oxygen atoms in total. The van der Waals surface area contributed by atoms with Crippen LogP contribution >= 0.6 is 15.9 Å². The van der Waals surface area contributed by atoms with Gasteiger partial charge in [0.25, 0.3) is 0 Å². The molecule has 0 spiro atoms. The molecule has 2 rings (SSSR count). The van der Waals surface area contributed by atoms with Gasteiger partial charge in [0.05, 0.1) is 0 Å². The van der Waals surface area contributed by atoms with Crippen molar-refractivity contribution in [3.8, 4) is 0 Å². The predicted octanol–water partition coefficient (Wildman–Crippen LogP) is 3.12. The Balaban J connectivity index is 1.79. The summed E-state index contributed by atoms with van der Waals surface area (Å²) in [5.74, 6) is 0. The van der Waals surface area contributed by atoms with E-state index < -0.39 is 0 Å². The molecule has 0 saturated heterocycles. The summed E-state index contributed by atoms with van der Waals surface area (Å²) in [7, 11) is 0. The van der Waals surface area contributed by atoms with Crippen LogP contribution in [-0.4, -0.2) is 10.7 Å². The Bertz CT molecular complexity index is 323. The molecule has 1 aliphatic heterocycles. The molecule has 0 amide bonds. The summed E-state index contributed by atoms with van der Waals surface area (Å²) in [6, 6.07) is 10.5. The number of nitrogens with zero attached hydrogens (tertiary/aromatic N) is 1. The van der Waals surface area contributed by atoms with E-state index >= 15 is 0 Å². The van der Waals surface area contributed by atoms with Gasteiger partial charge in [-0.1, -0.05) is 35.5 Å². The molecule has 3 heteroatoms. The molecule has 1 aliphatic rings. The number of hydrogen-bond acceptors (Lipinski definition) is 2. The topological polar surface area (TPSA) is 21.6 Å². The van der Waals surface area contributed by atoms with Crippen molar-refractivity contribution in [3.05, 3.63) is 35.9 Å². The third-order valence-electron chi connectivity index (χ3n) is 2.29. The van der Waals surface area contributed by atoms with E-state index in [2.05, 4.69) is 45.4 Å². The van der Waals surface area contributed by atoms with Crippen molar-refractivity contribution < 1.29 is 4.84 Å². The number of hydrogen-bond donors (Lipinski definition) is 0. The normalized spacial score (nSPS) is 20.4. The predicted molar refractivity (Wildman–Crippen MR) is 60.6 cm³/mol. The Morgan fingerprint density at radius 3 is 2.79 bits per heavy atom. The fraction of sp³-hybridized carbons (Fsp3) is 0.364. The zero-order valence-corrected chi connectivity index (χ0v) is 9.40. The lowest BCUT2D eigenvalue weighted by Gasteiger charge is -2.06. The second kappa shape index (κ2) is 4.60. The second-order valence-electron chi connectivity index (χ2n) is 3.42. The molecule has 74 valence electrons. The molecule has 1 unspecified atom stereocenters. The van der Waals surface area contributed by atoms with Crippen LogP contribution in [-0.2, 0) is 11.3 Å². The highest BCUT2D eigenvalue weighted by molar-refractivity contribution is 9.18. The zero-order valence-electron chi connectivity index (χ0n) is 7.82. The first-order valence-electron chi connectivity index (χ1n) is 4.77. The van der Waals surface area contributed by atoms with Gasteiger partial charge in [-0.2, -0.15) is 0 Å². The van der Waals surface area contributed by atoms with E-state index in [1.807, 2.05) is 6.07 Å². The lowest BCUT2D eigenvalue weighted by atomic mass is 10.1. The van der Waals surface area contributed by atoms with Gasteiger partial charge in [0, 0.05) is 6.42 Å². The molecule has 1 aromatic carbocycles. The van der Waals surface area contributed by atoms with Gasteiger partial charge in [0.2, 0.25) is 0 Å². The van der Waals surface area contributed by atoms with Crippen LogP contribution < -0.4 is 0 Å². The molecule has 1 atom stereocenters. The van der Waals surface area contributed by atoms with E-state index in [4.69, 9.17) is 4.84 Å². The van der Waals surface area contributed by atoms with Gasteiger partial charge in [0.1, 0.15) is 10.7 Å². The number of halogens is 1. The van der Waals surface area contributed by atoms with Crippen molar-refractivity contribution in [3.63, 3.8) is 0 Å². The second-order valence-corrected chi connectivity index (χ2v) is 4.34. The standard InChI is InChI=1S/C11H12BrNO/c12-11-8-10(14-13-11)7-6-9-4-2-1-3-5-9/h1-5,10H,6-8H2. The summed E-state index contributed by atoms with van der Waals surface area (Å²) in [6.07, 6.45) is 3.25. The van der Waals surface area contributed by atoms with Crippen molar-refractivity contribution in [1.82, 2.24) is 0 Å². The van der Waals surface area contributed by atoms with E-state index in [9.17, 15) is 0 Å². The van der Waals surface area contributed by atoms with Gasteiger partial charge in [-0.05, 0) is 34.3 Å². The third-order valence-corrected chi connectivity index (χ3v) is 2.76. The quantitative estimate of drug-likeness (QED) is 0.812. The van der Waals surface area contributed by atoms with Crippen molar-refractivity contribution in [2.24, 2.45) is 5.16 Å². The lowest BCUT2D eigenvalue weighted by molar-refractivity contribution is 0.0794. The molecule has 0 radical (unpaired) electrons. The highest BCUT2D eigenvalue weighted by Gasteiger charge is 2.18. The van der Waals surface area contributed by atoms with Gasteiger partial charge in [-0.3, -0.25) is 0 Å². The van der Waals surface area contributed by atoms with Crippen molar-refractivity contribution in [1.29, 1.82) is 0 Å². The molecular formula is C11H12BrNO. The summed E-state index contributed by atoms with van der Waals surface area (Å²) in [5.41, 5.74) is 1.36. The molecule has 1 heterocycles. The van der Waals surface area contributed by atoms with Gasteiger partial charge in [-0.15, -0.1) is 0 Å². The van der Waals surface area contributed by atoms with E-state index in [0.717, 1.165) is 23.9 Å². The van der Waals surface area contributed by atoms with Crippen LogP contribution in [0.3, 0.4) is 0 Å². The largest absolute Gasteiger partial charge is 0.391 e. The zero-order chi connectivity index (χ0) is 9.80. The number of aryl methyl sites for hydroxylation is 1. The average Bonchev–Trinajstić information content (AvgIpc) is 2.63. The fourth-order valence-corrected chi connectivity index (χ4v) is 1.97. The van der Waals surface area contributed by atoms with Crippen LogP contribution in [0.1, 0.15) is 18.4 Å². The minimum Gasteiger partial charge on any atom is -0.391 e. The van der Waals surface area contributed by atoms with Crippen LogP contribution in [0.2, 0.25) is 0 Å². The highest BCUT2D eigenvalue weighted by atomic mass is 79.9. The first-order valence-corrected chi connectivity index (χ1v) is 5.56. The smallest absolute Gasteiger partial charge is 0.134 e.